The number of nitrogens with zero attached hydrogens (tertiary/aromatic N) is 16. The number of nitrogens with two attached hydrogens (primary N) is 1. The largest absolute Gasteiger partial charge is 0.490 e. The Hall–Kier alpha value is -11.3. The zero-order valence-corrected chi connectivity index (χ0v) is 56.8. The van der Waals surface area contributed by atoms with Crippen LogP contribution in [0.15, 0.2) is 86.2 Å². The van der Waals surface area contributed by atoms with Crippen LogP contribution in [-0.4, -0.2) is 162 Å². The highest BCUT2D eigenvalue weighted by Crippen LogP contribution is 2.30. The number of pyridine rings is 6. The quantitative estimate of drug-likeness (QED) is 0.0286. The van der Waals surface area contributed by atoms with Crippen LogP contribution in [0.3, 0.4) is 0 Å². The van der Waals surface area contributed by atoms with Gasteiger partial charge >= 0.3 is 35.3 Å². The molecule has 0 atom stereocenters. The Morgan fingerprint density at radius 2 is 0.840 bits per heavy atom. The van der Waals surface area contributed by atoms with Gasteiger partial charge in [-0.15, -0.1) is 0 Å². The van der Waals surface area contributed by atoms with Gasteiger partial charge in [0.15, 0.2) is 0 Å². The first-order valence-electron chi connectivity index (χ1n) is 28.0. The molecule has 0 bridgehead atoms. The predicted molar refractivity (Wildman–Crippen MR) is 362 cm³/mol. The van der Waals surface area contributed by atoms with Gasteiger partial charge in [-0.3, -0.25) is 45.0 Å². The Morgan fingerprint density at radius 3 is 1.26 bits per heavy atom. The van der Waals surface area contributed by atoms with Crippen LogP contribution in [0.1, 0.15) is 62.3 Å². The van der Waals surface area contributed by atoms with E-state index in [1.54, 1.807) is 100 Å². The minimum atomic E-state index is -0.627. The fourth-order valence-corrected chi connectivity index (χ4v) is 7.25. The molecule has 8 aromatic rings. The van der Waals surface area contributed by atoms with Gasteiger partial charge in [-0.05, 0) is 62.3 Å². The van der Waals surface area contributed by atoms with Crippen LogP contribution in [0.25, 0.3) is 22.1 Å². The third-order valence-electron chi connectivity index (χ3n) is 11.9. The average Bonchev–Trinajstić information content (AvgIpc) is 1.57. The topological polar surface area (TPSA) is 426 Å². The lowest BCUT2D eigenvalue weighted by Gasteiger charge is -2.24. The molecule has 7 N–H and O–H groups in total. The molecule has 3 amide bonds. The number of ether oxygens (including phenoxy) is 4. The Balaban J connectivity index is 0.000000297. The van der Waals surface area contributed by atoms with Crippen molar-refractivity contribution in [2.75, 3.05) is 111 Å². The number of nitrogens with one attached hydrogen (secondary N) is 5. The number of hydrogen-bond donors (Lipinski definition) is 6. The number of aromatic nitrogens is 10. The number of nitro groups is 3. The van der Waals surface area contributed by atoms with Gasteiger partial charge in [0.25, 0.3) is 0 Å². The molecule has 0 saturated heterocycles. The zero-order valence-electron chi connectivity index (χ0n) is 56.0. The molecule has 0 aliphatic carbocycles. The predicted octanol–water partition coefficient (Wildman–Crippen LogP) is 10.6. The summed E-state index contributed by atoms with van der Waals surface area (Å²) in [5.74, 6) is 2.84. The lowest BCUT2D eigenvalue weighted by molar-refractivity contribution is -0.386. The highest BCUT2D eigenvalue weighted by atomic mass is 35.5. The summed E-state index contributed by atoms with van der Waals surface area (Å²) in [6.45, 7) is 16.2. The van der Waals surface area contributed by atoms with E-state index < -0.39 is 49.9 Å². The number of fused-ring (bicyclic) bond motifs is 2. The number of halogens is 1. The molecular weight excluding hydrogens is 1250 g/mol. The van der Waals surface area contributed by atoms with Crippen LogP contribution in [-0.2, 0) is 28.3 Å². The molecule has 0 unspecified atom stereocenters. The Morgan fingerprint density at radius 1 is 0.489 bits per heavy atom. The average molecular weight is 1330 g/mol. The van der Waals surface area contributed by atoms with E-state index in [2.05, 4.69) is 66.5 Å². The van der Waals surface area contributed by atoms with Crippen molar-refractivity contribution in [2.24, 2.45) is 14.1 Å². The number of aryl methyl sites for hydroxylation is 2. The van der Waals surface area contributed by atoms with Crippen molar-refractivity contribution in [1.29, 1.82) is 0 Å². The van der Waals surface area contributed by atoms with Crippen LogP contribution >= 0.6 is 11.6 Å². The third-order valence-corrected chi connectivity index (χ3v) is 12.1. The van der Waals surface area contributed by atoms with Crippen LogP contribution in [0, 0.1) is 30.3 Å². The molecule has 0 fully saturated rings. The van der Waals surface area contributed by atoms with Crippen molar-refractivity contribution in [3.05, 3.63) is 122 Å². The van der Waals surface area contributed by atoms with Crippen LogP contribution < -0.4 is 51.8 Å². The molecule has 8 rings (SSSR count). The molecular formula is C58H81ClN22O13. The maximum absolute atomic E-state index is 12.0. The van der Waals surface area contributed by atoms with E-state index in [4.69, 9.17) is 36.3 Å². The van der Waals surface area contributed by atoms with Gasteiger partial charge in [-0.1, -0.05) is 11.6 Å². The Bertz CT molecular complexity index is 3910. The zero-order chi connectivity index (χ0) is 71.2. The lowest BCUT2D eigenvalue weighted by atomic mass is 10.2. The number of rotatable bonds is 12. The molecule has 35 nitrogen and oxygen atoms in total. The molecule has 0 radical (unpaired) electrons. The SMILES string of the molecule is CN(C(=O)OC(C)(C)C)c1cc2c(cn1)ncn2C.CNc1cc(N(C)C(=O)OC(C)(C)C)ncc1N.CNc1cc(N(C)C(=O)OC(C)(C)C)ncc1[N+](=O)[O-].CNc1cc(NC)c([N+](=O)[O-])cn1.CNc1cc2c(cn1)ncn2C.COc1cc(Cl)ncc1[N+](=O)[O-]. The number of amides is 3. The minimum Gasteiger partial charge on any atom is -0.490 e. The van der Waals surface area contributed by atoms with E-state index in [9.17, 15) is 44.7 Å². The standard InChI is InChI=1S/C13H18N4O2.C12H18N4O4.C12H20N4O2.C8H10N4.C7H10N4O2.C6H5ClN2O3/c1-13(2,3)19-12(18)17(5)11-6-10-9(7-14-11)15-8-16(10)4;1-12(2,3)20-11(17)15(5)10-6-8(13-4)9(7-14-10)16(18)19;1-12(2,3)18-11(17)16(5)10-6-9(14-4)8(13)7-15-10;1-9-8-3-7-6(4-10-8)11-5-12(7)2;1-8-5-3-7(9-2)10-4-6(5)11(12)13;1-12-5-2-6(7)8-3-4(5)9(10)11/h6-8H,1-5H3;6-7H,1-5H3,(H,13,14);6-7H,13H2,1-5H3,(H,14,15);3-5H,1-2H3,(H,9,10);3-4H,1-2H3,(H2,8,9,10);2-3H,1H3. The monoisotopic (exact) mass is 1330 g/mol. The van der Waals surface area contributed by atoms with Crippen molar-refractivity contribution in [2.45, 2.75) is 79.1 Å². The number of carbonyl (C=O) groups is 3. The van der Waals surface area contributed by atoms with Crippen LogP contribution in [0.5, 0.6) is 5.75 Å². The highest BCUT2D eigenvalue weighted by Gasteiger charge is 2.26. The Labute approximate surface area is 547 Å². The molecule has 8 aromatic heterocycles. The fourth-order valence-electron chi connectivity index (χ4n) is 7.10. The molecule has 0 aliphatic rings. The molecule has 0 spiro atoms. The van der Waals surface area contributed by atoms with E-state index in [0.29, 0.717) is 28.8 Å². The van der Waals surface area contributed by atoms with E-state index in [1.165, 1.54) is 53.4 Å². The van der Waals surface area contributed by atoms with Crippen LogP contribution in [0.2, 0.25) is 5.15 Å². The second kappa shape index (κ2) is 34.2. The molecule has 0 aliphatic heterocycles. The molecule has 94 heavy (non-hydrogen) atoms. The fraction of sp³-hybridized carbons (Fsp3) is 0.397. The maximum atomic E-state index is 12.0. The summed E-state index contributed by atoms with van der Waals surface area (Å²) in [7, 11) is 18.4. The number of carbonyl (C=O) groups excluding carboxylic acids is 3. The number of imidazole rings is 2. The minimum absolute atomic E-state index is 0.0264. The van der Waals surface area contributed by atoms with Gasteiger partial charge in [0.05, 0.1) is 75.5 Å². The summed E-state index contributed by atoms with van der Waals surface area (Å²) in [6, 6.07) is 9.77. The van der Waals surface area contributed by atoms with E-state index in [-0.39, 0.29) is 39.5 Å². The summed E-state index contributed by atoms with van der Waals surface area (Å²) >= 11 is 5.49. The summed E-state index contributed by atoms with van der Waals surface area (Å²) < 4.78 is 24.3. The van der Waals surface area contributed by atoms with Crippen molar-refractivity contribution >= 4 is 121 Å². The summed E-state index contributed by atoms with van der Waals surface area (Å²) in [4.78, 5) is 102. The second-order valence-corrected chi connectivity index (χ2v) is 22.8. The van der Waals surface area contributed by atoms with Gasteiger partial charge in [-0.2, -0.15) is 0 Å². The van der Waals surface area contributed by atoms with Crippen molar-refractivity contribution in [3.8, 4) is 5.75 Å². The molecule has 8 heterocycles. The molecule has 36 heteroatoms. The summed E-state index contributed by atoms with van der Waals surface area (Å²) in [5.41, 5.74) is 9.35. The number of methoxy groups -OCH3 is 1. The van der Waals surface area contributed by atoms with Crippen molar-refractivity contribution in [3.63, 3.8) is 0 Å². The first-order valence-corrected chi connectivity index (χ1v) is 28.4. The highest BCUT2D eigenvalue weighted by molar-refractivity contribution is 6.29. The second-order valence-electron chi connectivity index (χ2n) is 22.4. The van der Waals surface area contributed by atoms with Gasteiger partial charge in [0, 0.05) is 107 Å². The smallest absolute Gasteiger partial charge is 0.415 e. The maximum Gasteiger partial charge on any atom is 0.415 e. The summed E-state index contributed by atoms with van der Waals surface area (Å²) in [6.07, 6.45) is 10.3. The molecule has 0 aromatic carbocycles. The first-order chi connectivity index (χ1) is 43.8. The number of hydrogen-bond acceptors (Lipinski definition) is 27. The van der Waals surface area contributed by atoms with Crippen molar-refractivity contribution < 1.29 is 48.1 Å². The molecule has 508 valence electrons. The van der Waals surface area contributed by atoms with E-state index >= 15 is 0 Å². The van der Waals surface area contributed by atoms with Crippen molar-refractivity contribution in [1.82, 2.24) is 49.0 Å². The number of nitrogen functional groups attached to an aromatic ring is 1. The lowest BCUT2D eigenvalue weighted by Crippen LogP contribution is -2.34. The van der Waals surface area contributed by atoms with Gasteiger partial charge in [-0.25, -0.2) is 54.3 Å². The van der Waals surface area contributed by atoms with E-state index in [0.717, 1.165) is 46.0 Å². The van der Waals surface area contributed by atoms with Gasteiger partial charge in [0.1, 0.15) is 92.0 Å². The van der Waals surface area contributed by atoms with Gasteiger partial charge < -0.3 is 60.4 Å². The first kappa shape index (κ1) is 77.0. The normalized spacial score (nSPS) is 10.6. The van der Waals surface area contributed by atoms with E-state index in [1.807, 2.05) is 84.0 Å². The Kier molecular flexibility index (Phi) is 28.0. The number of anilines is 9. The van der Waals surface area contributed by atoms with Crippen LogP contribution in [0.4, 0.5) is 83.3 Å². The summed E-state index contributed by atoms with van der Waals surface area (Å²) in [5, 5.41) is 45.9. The third kappa shape index (κ3) is 23.5. The van der Waals surface area contributed by atoms with Gasteiger partial charge in [0.2, 0.25) is 5.75 Å². The molecule has 0 saturated carbocycles.